The van der Waals surface area contributed by atoms with Gasteiger partial charge in [-0.3, -0.25) is 5.32 Å². The topological polar surface area (TPSA) is 127 Å². The second-order valence-electron chi connectivity index (χ2n) is 4.50. The molecule has 2 amide bonds. The molecule has 1 unspecified atom stereocenters. The van der Waals surface area contributed by atoms with Gasteiger partial charge in [0.15, 0.2) is 11.2 Å². The number of carbonyl (C=O) groups is 3. The molecule has 0 aliphatic carbocycles. The van der Waals surface area contributed by atoms with E-state index in [0.29, 0.717) is 0 Å². The molecule has 152 valence electrons. The molecule has 0 bridgehead atoms. The van der Waals surface area contributed by atoms with Crippen LogP contribution in [0.3, 0.4) is 0 Å². The lowest BCUT2D eigenvalue weighted by Crippen LogP contribution is -2.35. The average Bonchev–Trinajstić information content (AvgIpc) is 2.95. The highest BCUT2D eigenvalue weighted by Crippen LogP contribution is 2.27. The van der Waals surface area contributed by atoms with Gasteiger partial charge in [0, 0.05) is 5.38 Å². The smallest absolute Gasteiger partial charge is 0.413 e. The van der Waals surface area contributed by atoms with E-state index in [-0.39, 0.29) is 10.8 Å². The van der Waals surface area contributed by atoms with Crippen molar-refractivity contribution >= 4 is 104 Å². The number of halogens is 6. The Labute approximate surface area is 186 Å². The van der Waals surface area contributed by atoms with Crippen LogP contribution < -0.4 is 10.6 Å². The normalized spacial score (nSPS) is 12.8. The van der Waals surface area contributed by atoms with Crippen LogP contribution in [0.5, 0.6) is 0 Å². The Morgan fingerprint density at radius 3 is 2.07 bits per heavy atom. The van der Waals surface area contributed by atoms with Gasteiger partial charge in [-0.05, 0) is 0 Å². The van der Waals surface area contributed by atoms with Crippen molar-refractivity contribution in [2.45, 2.75) is 13.6 Å². The van der Waals surface area contributed by atoms with Crippen LogP contribution in [0.25, 0.3) is 0 Å². The van der Waals surface area contributed by atoms with Gasteiger partial charge in [0.1, 0.15) is 13.2 Å². The number of hydrogen-bond acceptors (Lipinski definition) is 7. The van der Waals surface area contributed by atoms with E-state index in [2.05, 4.69) is 19.8 Å². The van der Waals surface area contributed by atoms with Gasteiger partial charge in [0.25, 0.3) is 0 Å². The van der Waals surface area contributed by atoms with Crippen LogP contribution >= 0.6 is 80.9 Å². The molecule has 0 radical (unpaired) electrons. The highest BCUT2D eigenvalue weighted by Gasteiger charge is 2.28. The molecule has 0 fully saturated rings. The maximum absolute atomic E-state index is 11.6. The van der Waals surface area contributed by atoms with Crippen molar-refractivity contribution in [2.24, 2.45) is 0 Å². The fourth-order valence-electron chi connectivity index (χ4n) is 1.32. The number of carbonyl (C=O) groups excluding carboxylic acids is 2. The van der Waals surface area contributed by atoms with Crippen LogP contribution in [0.4, 0.5) is 14.7 Å². The standard InChI is InChI=1S/C11H9Cl6N3O6S/c12-10(13,14)2-25-8(23)19-5(6(21)22)4-1-27-7(18-4)20-9(24)26-3-11(15,16)17/h1,5H,2-3H2,(H,19,23)(H,21,22)(H,18,20,24). The van der Waals surface area contributed by atoms with Crippen molar-refractivity contribution in [2.75, 3.05) is 18.5 Å². The predicted molar refractivity (Wildman–Crippen MR) is 103 cm³/mol. The SMILES string of the molecule is O=C(Nc1nc(C(NC(=O)OCC(Cl)(Cl)Cl)C(=O)O)cs1)OCC(Cl)(Cl)Cl. The number of nitrogens with one attached hydrogen (secondary N) is 2. The van der Waals surface area contributed by atoms with E-state index in [0.717, 1.165) is 11.3 Å². The molecule has 9 nitrogen and oxygen atoms in total. The summed E-state index contributed by atoms with van der Waals surface area (Å²) in [5, 5.41) is 14.7. The summed E-state index contributed by atoms with van der Waals surface area (Å²) in [6.07, 6.45) is -2.14. The van der Waals surface area contributed by atoms with Gasteiger partial charge >= 0.3 is 18.2 Å². The van der Waals surface area contributed by atoms with Crippen LogP contribution in [0, 0.1) is 0 Å². The second-order valence-corrected chi connectivity index (χ2v) is 10.4. The lowest BCUT2D eigenvalue weighted by atomic mass is 10.2. The van der Waals surface area contributed by atoms with Crippen LogP contribution in [0.2, 0.25) is 0 Å². The number of thiazole rings is 1. The number of alkyl halides is 6. The molecule has 16 heteroatoms. The summed E-state index contributed by atoms with van der Waals surface area (Å²) < 4.78 is 5.56. The Hall–Kier alpha value is -0.620. The maximum Gasteiger partial charge on any atom is 0.413 e. The van der Waals surface area contributed by atoms with Gasteiger partial charge in [-0.25, -0.2) is 19.4 Å². The number of hydrogen-bond donors (Lipinski definition) is 3. The number of anilines is 1. The van der Waals surface area contributed by atoms with Crippen molar-refractivity contribution in [1.82, 2.24) is 10.3 Å². The zero-order valence-electron chi connectivity index (χ0n) is 12.7. The number of nitrogens with zero attached hydrogens (tertiary/aromatic N) is 1. The van der Waals surface area contributed by atoms with Crippen molar-refractivity contribution in [3.8, 4) is 0 Å². The van der Waals surface area contributed by atoms with Crippen molar-refractivity contribution in [1.29, 1.82) is 0 Å². The first-order chi connectivity index (χ1) is 12.3. The monoisotopic (exact) mass is 521 g/mol. The number of aromatic nitrogens is 1. The molecule has 27 heavy (non-hydrogen) atoms. The van der Waals surface area contributed by atoms with E-state index in [1.54, 1.807) is 0 Å². The largest absolute Gasteiger partial charge is 0.479 e. The molecule has 0 spiro atoms. The van der Waals surface area contributed by atoms with E-state index in [4.69, 9.17) is 69.6 Å². The highest BCUT2D eigenvalue weighted by atomic mass is 35.6. The lowest BCUT2D eigenvalue weighted by Gasteiger charge is -2.15. The van der Waals surface area contributed by atoms with Crippen LogP contribution in [0.15, 0.2) is 5.38 Å². The van der Waals surface area contributed by atoms with Crippen LogP contribution in [-0.4, -0.2) is 49.0 Å². The predicted octanol–water partition coefficient (Wildman–Crippen LogP) is 4.28. The fourth-order valence-corrected chi connectivity index (χ4v) is 2.36. The third-order valence-electron chi connectivity index (χ3n) is 2.27. The van der Waals surface area contributed by atoms with Crippen molar-refractivity contribution < 1.29 is 29.0 Å². The number of amides is 2. The van der Waals surface area contributed by atoms with Gasteiger partial charge in [0.2, 0.25) is 7.59 Å². The summed E-state index contributed by atoms with van der Waals surface area (Å²) in [5.74, 6) is -1.45. The van der Waals surface area contributed by atoms with Crippen molar-refractivity contribution in [3.63, 3.8) is 0 Å². The summed E-state index contributed by atoms with van der Waals surface area (Å²) in [5.41, 5.74) is -0.102. The molecule has 1 aromatic heterocycles. The minimum absolute atomic E-state index is 0.0259. The van der Waals surface area contributed by atoms with Crippen LogP contribution in [-0.2, 0) is 14.3 Å². The number of carboxylic acid groups (broad SMARTS) is 1. The molecule has 0 aliphatic rings. The van der Waals surface area contributed by atoms with Crippen molar-refractivity contribution in [3.05, 3.63) is 11.1 Å². The summed E-state index contributed by atoms with van der Waals surface area (Å²) >= 11 is 33.4. The van der Waals surface area contributed by atoms with E-state index in [1.807, 2.05) is 5.32 Å². The molecular formula is C11H9Cl6N3O6S. The zero-order chi connectivity index (χ0) is 20.8. The minimum atomic E-state index is -1.86. The summed E-state index contributed by atoms with van der Waals surface area (Å²) in [7, 11) is 0. The molecule has 0 aromatic carbocycles. The lowest BCUT2D eigenvalue weighted by molar-refractivity contribution is -0.139. The third kappa shape index (κ3) is 10.5. The Kier molecular flexibility index (Phi) is 9.26. The summed E-state index contributed by atoms with van der Waals surface area (Å²) in [6, 6.07) is -1.59. The van der Waals surface area contributed by atoms with Gasteiger partial charge in [-0.2, -0.15) is 0 Å². The second kappa shape index (κ2) is 10.2. The Bertz CT molecular complexity index is 691. The summed E-state index contributed by atoms with van der Waals surface area (Å²) in [6.45, 7) is -1.12. The fraction of sp³-hybridized carbons (Fsp3) is 0.455. The Balaban J connectivity index is 2.69. The first-order valence-electron chi connectivity index (χ1n) is 6.45. The van der Waals surface area contributed by atoms with Gasteiger partial charge in [-0.15, -0.1) is 11.3 Å². The molecule has 0 saturated carbocycles. The molecule has 1 rings (SSSR count). The molecule has 0 saturated heterocycles. The Morgan fingerprint density at radius 1 is 1.07 bits per heavy atom. The maximum atomic E-state index is 11.6. The van der Waals surface area contributed by atoms with E-state index in [9.17, 15) is 19.5 Å². The van der Waals surface area contributed by atoms with Gasteiger partial charge in [0.05, 0.1) is 5.69 Å². The quantitative estimate of drug-likeness (QED) is 0.475. The van der Waals surface area contributed by atoms with E-state index in [1.165, 1.54) is 5.38 Å². The first-order valence-corrected chi connectivity index (χ1v) is 9.60. The number of aliphatic carboxylic acids is 1. The molecule has 0 aliphatic heterocycles. The number of ether oxygens (including phenoxy) is 2. The summed E-state index contributed by atoms with van der Waals surface area (Å²) in [4.78, 5) is 38.4. The third-order valence-corrected chi connectivity index (χ3v) is 3.70. The number of alkyl carbamates (subject to hydrolysis) is 1. The molecule has 1 atom stereocenters. The molecule has 1 aromatic rings. The van der Waals surface area contributed by atoms with E-state index < -0.39 is 45.0 Å². The zero-order valence-corrected chi connectivity index (χ0v) is 18.0. The minimum Gasteiger partial charge on any atom is -0.479 e. The van der Waals surface area contributed by atoms with E-state index >= 15 is 0 Å². The van der Waals surface area contributed by atoms with Crippen LogP contribution in [0.1, 0.15) is 11.7 Å². The van der Waals surface area contributed by atoms with Gasteiger partial charge < -0.3 is 19.9 Å². The first kappa shape index (κ1) is 24.4. The number of carboxylic acids is 1. The Morgan fingerprint density at radius 2 is 1.59 bits per heavy atom. The molecular weight excluding hydrogens is 515 g/mol. The average molecular weight is 524 g/mol. The highest BCUT2D eigenvalue weighted by molar-refractivity contribution is 7.13. The number of rotatable bonds is 6. The van der Waals surface area contributed by atoms with Gasteiger partial charge in [-0.1, -0.05) is 69.6 Å². The molecule has 1 heterocycles. The molecule has 3 N–H and O–H groups in total.